The van der Waals surface area contributed by atoms with Crippen molar-refractivity contribution in [2.45, 2.75) is 0 Å². The monoisotopic (exact) mass is 280 g/mol. The second kappa shape index (κ2) is 4.38. The van der Waals surface area contributed by atoms with Gasteiger partial charge in [-0.3, -0.25) is 4.57 Å². The average Bonchev–Trinajstić information content (AvgIpc) is 2.82. The van der Waals surface area contributed by atoms with Crippen LogP contribution in [0.15, 0.2) is 60.8 Å². The molecule has 0 atom stereocenters. The zero-order chi connectivity index (χ0) is 14.4. The average molecular weight is 280 g/mol. The third kappa shape index (κ3) is 1.72. The summed E-state index contributed by atoms with van der Waals surface area (Å²) in [4.78, 5) is 4.36. The van der Waals surface area contributed by atoms with E-state index in [0.29, 0.717) is 11.3 Å². The number of fused-ring (bicyclic) bond motifs is 3. The van der Waals surface area contributed by atoms with Gasteiger partial charge in [-0.25, -0.2) is 13.8 Å². The van der Waals surface area contributed by atoms with Crippen LogP contribution in [0.5, 0.6) is 0 Å². The summed E-state index contributed by atoms with van der Waals surface area (Å²) < 4.78 is 29.1. The van der Waals surface area contributed by atoms with Crippen LogP contribution in [0, 0.1) is 11.6 Å². The Morgan fingerprint density at radius 1 is 0.857 bits per heavy atom. The van der Waals surface area contributed by atoms with Crippen LogP contribution in [0.2, 0.25) is 0 Å². The summed E-state index contributed by atoms with van der Waals surface area (Å²) in [5.41, 5.74) is 1.79. The van der Waals surface area contributed by atoms with Gasteiger partial charge < -0.3 is 0 Å². The standard InChI is InChI=1S/C17H10F2N2/c18-11-7-8-16(14(19)10-11)21-15-6-2-1-4-12(15)13-5-3-9-20-17(13)21/h1-10H. The first-order valence-electron chi connectivity index (χ1n) is 6.55. The van der Waals surface area contributed by atoms with Gasteiger partial charge in [0, 0.05) is 23.0 Å². The van der Waals surface area contributed by atoms with E-state index in [0.717, 1.165) is 22.4 Å². The van der Waals surface area contributed by atoms with Gasteiger partial charge in [-0.15, -0.1) is 0 Å². The number of hydrogen-bond acceptors (Lipinski definition) is 1. The minimum absolute atomic E-state index is 0.293. The van der Waals surface area contributed by atoms with E-state index in [1.807, 2.05) is 36.4 Å². The van der Waals surface area contributed by atoms with Crippen LogP contribution in [-0.2, 0) is 0 Å². The first-order chi connectivity index (χ1) is 10.3. The molecule has 4 aromatic rings. The molecule has 102 valence electrons. The maximum absolute atomic E-state index is 14.2. The summed E-state index contributed by atoms with van der Waals surface area (Å²) >= 11 is 0. The van der Waals surface area contributed by atoms with E-state index in [1.54, 1.807) is 10.8 Å². The number of benzene rings is 2. The fourth-order valence-corrected chi connectivity index (χ4v) is 2.70. The van der Waals surface area contributed by atoms with Crippen molar-refractivity contribution >= 4 is 21.9 Å². The predicted octanol–water partition coefficient (Wildman–Crippen LogP) is 4.46. The van der Waals surface area contributed by atoms with Gasteiger partial charge in [0.15, 0.2) is 0 Å². The van der Waals surface area contributed by atoms with Crippen LogP contribution in [0.25, 0.3) is 27.6 Å². The number of nitrogens with zero attached hydrogens (tertiary/aromatic N) is 2. The van der Waals surface area contributed by atoms with Crippen LogP contribution < -0.4 is 0 Å². The Morgan fingerprint density at radius 2 is 1.67 bits per heavy atom. The van der Waals surface area contributed by atoms with Crippen molar-refractivity contribution in [3.63, 3.8) is 0 Å². The fourth-order valence-electron chi connectivity index (χ4n) is 2.70. The molecule has 0 amide bonds. The van der Waals surface area contributed by atoms with Crippen molar-refractivity contribution in [1.82, 2.24) is 9.55 Å². The molecule has 21 heavy (non-hydrogen) atoms. The number of para-hydroxylation sites is 1. The van der Waals surface area contributed by atoms with Gasteiger partial charge in [-0.1, -0.05) is 18.2 Å². The third-order valence-corrected chi connectivity index (χ3v) is 3.58. The Labute approximate surface area is 119 Å². The molecule has 2 aromatic carbocycles. The van der Waals surface area contributed by atoms with Crippen LogP contribution in [0.3, 0.4) is 0 Å². The summed E-state index contributed by atoms with van der Waals surface area (Å²) in [5, 5.41) is 1.93. The van der Waals surface area contributed by atoms with Gasteiger partial charge >= 0.3 is 0 Å². The normalized spacial score (nSPS) is 11.3. The molecule has 0 radical (unpaired) electrons. The summed E-state index contributed by atoms with van der Waals surface area (Å²) in [6.45, 7) is 0. The lowest BCUT2D eigenvalue weighted by Gasteiger charge is -2.08. The van der Waals surface area contributed by atoms with Crippen molar-refractivity contribution in [1.29, 1.82) is 0 Å². The Balaban J connectivity index is 2.20. The van der Waals surface area contributed by atoms with E-state index in [1.165, 1.54) is 12.1 Å². The Kier molecular flexibility index (Phi) is 2.51. The lowest BCUT2D eigenvalue weighted by Crippen LogP contribution is -1.99. The Morgan fingerprint density at radius 3 is 2.52 bits per heavy atom. The molecule has 0 saturated heterocycles. The molecule has 0 bridgehead atoms. The molecular formula is C17H10F2N2. The van der Waals surface area contributed by atoms with Crippen LogP contribution >= 0.6 is 0 Å². The quantitative estimate of drug-likeness (QED) is 0.503. The first-order valence-corrected chi connectivity index (χ1v) is 6.55. The van der Waals surface area contributed by atoms with Gasteiger partial charge in [0.05, 0.1) is 11.2 Å². The van der Waals surface area contributed by atoms with E-state index in [-0.39, 0.29) is 0 Å². The summed E-state index contributed by atoms with van der Waals surface area (Å²) in [7, 11) is 0. The molecule has 0 aliphatic rings. The van der Waals surface area contributed by atoms with Crippen LogP contribution in [0.4, 0.5) is 8.78 Å². The molecule has 0 saturated carbocycles. The second-order valence-corrected chi connectivity index (χ2v) is 4.82. The number of hydrogen-bond donors (Lipinski definition) is 0. The molecular weight excluding hydrogens is 270 g/mol. The van der Waals surface area contributed by atoms with Crippen molar-refractivity contribution in [2.75, 3.05) is 0 Å². The first kappa shape index (κ1) is 12.0. The van der Waals surface area contributed by atoms with Gasteiger partial charge in [-0.05, 0) is 30.3 Å². The maximum Gasteiger partial charge on any atom is 0.150 e. The molecule has 0 spiro atoms. The van der Waals surface area contributed by atoms with Gasteiger partial charge in [0.2, 0.25) is 0 Å². The number of pyridine rings is 1. The van der Waals surface area contributed by atoms with Gasteiger partial charge in [0.25, 0.3) is 0 Å². The van der Waals surface area contributed by atoms with Crippen LogP contribution in [0.1, 0.15) is 0 Å². The summed E-state index contributed by atoms with van der Waals surface area (Å²) in [6, 6.07) is 15.1. The summed E-state index contributed by atoms with van der Waals surface area (Å²) in [6.07, 6.45) is 1.67. The van der Waals surface area contributed by atoms with Crippen LogP contribution in [-0.4, -0.2) is 9.55 Å². The zero-order valence-corrected chi connectivity index (χ0v) is 10.9. The summed E-state index contributed by atoms with van der Waals surface area (Å²) in [5.74, 6) is -1.20. The van der Waals surface area contributed by atoms with Crippen molar-refractivity contribution < 1.29 is 8.78 Å². The molecule has 0 N–H and O–H groups in total. The van der Waals surface area contributed by atoms with E-state index in [2.05, 4.69) is 4.98 Å². The third-order valence-electron chi connectivity index (χ3n) is 3.58. The smallest absolute Gasteiger partial charge is 0.150 e. The zero-order valence-electron chi connectivity index (χ0n) is 10.9. The van der Waals surface area contributed by atoms with Crippen molar-refractivity contribution in [3.05, 3.63) is 72.4 Å². The highest BCUT2D eigenvalue weighted by Gasteiger charge is 2.15. The Hall–Kier alpha value is -2.75. The molecule has 4 heteroatoms. The highest BCUT2D eigenvalue weighted by Crippen LogP contribution is 2.31. The molecule has 0 aliphatic carbocycles. The number of halogens is 2. The topological polar surface area (TPSA) is 17.8 Å². The second-order valence-electron chi connectivity index (χ2n) is 4.82. The van der Waals surface area contributed by atoms with Gasteiger partial charge in [-0.2, -0.15) is 0 Å². The Bertz CT molecular complexity index is 920. The minimum Gasteiger partial charge on any atom is -0.291 e. The van der Waals surface area contributed by atoms with E-state index < -0.39 is 11.6 Å². The SMILES string of the molecule is Fc1ccc(-n2c3ccccc3c3cccnc32)c(F)c1. The molecule has 0 fully saturated rings. The van der Waals surface area contributed by atoms with E-state index in [9.17, 15) is 8.78 Å². The molecule has 0 unspecified atom stereocenters. The molecule has 2 nitrogen and oxygen atoms in total. The largest absolute Gasteiger partial charge is 0.291 e. The highest BCUT2D eigenvalue weighted by molar-refractivity contribution is 6.07. The molecule has 0 aliphatic heterocycles. The minimum atomic E-state index is -0.608. The molecule has 4 rings (SSSR count). The maximum atomic E-state index is 14.2. The van der Waals surface area contributed by atoms with Gasteiger partial charge in [0.1, 0.15) is 17.3 Å². The lowest BCUT2D eigenvalue weighted by atomic mass is 10.2. The lowest BCUT2D eigenvalue weighted by molar-refractivity contribution is 0.579. The van der Waals surface area contributed by atoms with E-state index in [4.69, 9.17) is 0 Å². The van der Waals surface area contributed by atoms with Crippen molar-refractivity contribution in [2.24, 2.45) is 0 Å². The number of rotatable bonds is 1. The molecule has 2 heterocycles. The fraction of sp³-hybridized carbons (Fsp3) is 0. The van der Waals surface area contributed by atoms with E-state index >= 15 is 0 Å². The molecule has 2 aromatic heterocycles. The number of aromatic nitrogens is 2. The van der Waals surface area contributed by atoms with Crippen molar-refractivity contribution in [3.8, 4) is 5.69 Å². The highest BCUT2D eigenvalue weighted by atomic mass is 19.1. The predicted molar refractivity (Wildman–Crippen MR) is 78.5 cm³/mol.